The van der Waals surface area contributed by atoms with Crippen molar-refractivity contribution in [3.05, 3.63) is 104 Å². The topological polar surface area (TPSA) is 25.9 Å². The standard InChI is InChI=1S/C42H53N8P/c1-30(2)43-13-17-47(26-43)34-9-11-39-40-12-10-35(48-18-14-44(27-48)31(3)4)25-42(40)51(41(39)24-34)38-22-36(49-19-15-45(28-49)32(5)6)21-37(23-38)50-20-16-46(29-50)33(7)8/h9-25,30-33H,26-29H2,1-8H3. The van der Waals surface area contributed by atoms with E-state index in [0.29, 0.717) is 24.2 Å². The molecule has 9 heteroatoms. The van der Waals surface area contributed by atoms with Gasteiger partial charge < -0.3 is 39.2 Å². The normalized spacial score (nSPS) is 17.6. The minimum Gasteiger partial charge on any atom is -0.356 e. The summed E-state index contributed by atoms with van der Waals surface area (Å²) in [6.07, 6.45) is 17.9. The van der Waals surface area contributed by atoms with Crippen LogP contribution >= 0.6 is 7.53 Å². The van der Waals surface area contributed by atoms with Crippen molar-refractivity contribution < 1.29 is 0 Å². The summed E-state index contributed by atoms with van der Waals surface area (Å²) in [6.45, 7) is 21.6. The van der Waals surface area contributed by atoms with Crippen molar-refractivity contribution >= 4 is 51.3 Å². The highest BCUT2D eigenvalue weighted by Gasteiger charge is 2.25. The van der Waals surface area contributed by atoms with E-state index in [2.05, 4.69) is 199 Å². The Morgan fingerprint density at radius 3 is 1.04 bits per heavy atom. The molecule has 266 valence electrons. The van der Waals surface area contributed by atoms with Crippen LogP contribution in [0.2, 0.25) is 0 Å². The molecule has 1 aromatic heterocycles. The molecule has 5 heterocycles. The summed E-state index contributed by atoms with van der Waals surface area (Å²) < 4.78 is 0. The second kappa shape index (κ2) is 13.1. The average Bonchev–Trinajstić information content (AvgIpc) is 3.96. The molecule has 0 unspecified atom stereocenters. The van der Waals surface area contributed by atoms with Gasteiger partial charge in [-0.25, -0.2) is 0 Å². The Labute approximate surface area is 305 Å². The maximum Gasteiger partial charge on any atom is 0.0944 e. The highest BCUT2D eigenvalue weighted by atomic mass is 31.1. The van der Waals surface area contributed by atoms with Gasteiger partial charge in [-0.05, 0) is 109 Å². The lowest BCUT2D eigenvalue weighted by atomic mass is 10.1. The third-order valence-corrected chi connectivity index (χ3v) is 13.4. The van der Waals surface area contributed by atoms with Crippen LogP contribution in [0.25, 0.3) is 26.3 Å². The van der Waals surface area contributed by atoms with E-state index in [1.54, 1.807) is 0 Å². The van der Waals surface area contributed by atoms with Gasteiger partial charge in [0.2, 0.25) is 0 Å². The van der Waals surface area contributed by atoms with E-state index >= 15 is 0 Å². The molecule has 0 radical (unpaired) electrons. The van der Waals surface area contributed by atoms with E-state index in [9.17, 15) is 0 Å². The lowest BCUT2D eigenvalue weighted by Crippen LogP contribution is -2.31. The number of anilines is 4. The van der Waals surface area contributed by atoms with Gasteiger partial charge in [-0.1, -0.05) is 19.7 Å². The molecule has 0 bridgehead atoms. The minimum atomic E-state index is -0.846. The van der Waals surface area contributed by atoms with Crippen LogP contribution in [0.3, 0.4) is 0 Å². The highest BCUT2D eigenvalue weighted by Crippen LogP contribution is 2.58. The lowest BCUT2D eigenvalue weighted by molar-refractivity contribution is 0.335. The Kier molecular flexibility index (Phi) is 8.62. The zero-order chi connectivity index (χ0) is 35.6. The number of hydrogen-bond donors (Lipinski definition) is 0. The number of fused-ring (bicyclic) bond motifs is 3. The predicted molar refractivity (Wildman–Crippen MR) is 219 cm³/mol. The minimum absolute atomic E-state index is 0.447. The van der Waals surface area contributed by atoms with Crippen molar-refractivity contribution in [1.29, 1.82) is 0 Å². The molecule has 4 aliphatic heterocycles. The number of benzene rings is 3. The summed E-state index contributed by atoms with van der Waals surface area (Å²) in [5, 5.41) is 7.00. The molecule has 0 spiro atoms. The Hall–Kier alpha value is -4.68. The second-order valence-corrected chi connectivity index (χ2v) is 17.7. The molecule has 0 N–H and O–H groups in total. The fourth-order valence-electron chi connectivity index (χ4n) is 7.43. The Balaban J connectivity index is 1.30. The number of hydrogen-bond acceptors (Lipinski definition) is 8. The van der Waals surface area contributed by atoms with Gasteiger partial charge in [0.25, 0.3) is 0 Å². The van der Waals surface area contributed by atoms with E-state index in [0.717, 1.165) is 26.7 Å². The number of nitrogens with zero attached hydrogens (tertiary/aromatic N) is 8. The maximum atomic E-state index is 2.49. The zero-order valence-corrected chi connectivity index (χ0v) is 32.4. The van der Waals surface area contributed by atoms with Crippen LogP contribution < -0.4 is 19.6 Å². The Morgan fingerprint density at radius 2 is 0.725 bits per heavy atom. The monoisotopic (exact) mass is 700 g/mol. The summed E-state index contributed by atoms with van der Waals surface area (Å²) in [6, 6.07) is 23.5. The molecular weight excluding hydrogens is 647 g/mol. The van der Waals surface area contributed by atoms with Crippen molar-refractivity contribution in [2.45, 2.75) is 79.6 Å². The largest absolute Gasteiger partial charge is 0.356 e. The molecule has 0 amide bonds. The molecule has 0 atom stereocenters. The summed E-state index contributed by atoms with van der Waals surface area (Å²) in [5.41, 5.74) is 5.00. The highest BCUT2D eigenvalue weighted by molar-refractivity contribution is 7.68. The molecule has 0 fully saturated rings. The van der Waals surface area contributed by atoms with Crippen molar-refractivity contribution in [2.24, 2.45) is 0 Å². The first-order chi connectivity index (χ1) is 24.5. The molecule has 51 heavy (non-hydrogen) atoms. The van der Waals surface area contributed by atoms with Crippen LogP contribution in [-0.2, 0) is 0 Å². The molecule has 0 saturated carbocycles. The fourth-order valence-corrected chi connectivity index (χ4v) is 10.2. The molecule has 4 aromatic rings. The van der Waals surface area contributed by atoms with Crippen molar-refractivity contribution in [3.8, 4) is 5.30 Å². The smallest absolute Gasteiger partial charge is 0.0944 e. The molecule has 0 saturated heterocycles. The van der Waals surface area contributed by atoms with Gasteiger partial charge in [-0.2, -0.15) is 0 Å². The van der Waals surface area contributed by atoms with Crippen molar-refractivity contribution in [1.82, 2.24) is 19.6 Å². The first-order valence-corrected chi connectivity index (χ1v) is 19.9. The van der Waals surface area contributed by atoms with E-state index in [-0.39, 0.29) is 0 Å². The number of rotatable bonds is 9. The SMILES string of the molecule is CC(C)N1C=CN(c2cc(N3C=CN(C(C)C)C3)cc(-p3c4cc(N5C=CN(C(C)C)C5)ccc4c4ccc(N5C=CN(C(C)C)C5)cc43)c2)C1. The summed E-state index contributed by atoms with van der Waals surface area (Å²) >= 11 is 0. The Bertz CT molecular complexity index is 1920. The summed E-state index contributed by atoms with van der Waals surface area (Å²) in [7, 11) is -0.846. The summed E-state index contributed by atoms with van der Waals surface area (Å²) in [4.78, 5) is 19.2. The van der Waals surface area contributed by atoms with Crippen LogP contribution in [-0.4, -0.2) is 70.4 Å². The third kappa shape index (κ3) is 6.18. The van der Waals surface area contributed by atoms with Gasteiger partial charge in [0.15, 0.2) is 0 Å². The van der Waals surface area contributed by atoms with Crippen molar-refractivity contribution in [3.63, 3.8) is 0 Å². The first kappa shape index (κ1) is 33.5. The van der Waals surface area contributed by atoms with E-state index in [1.807, 2.05) is 0 Å². The fraction of sp³-hybridized carbons (Fsp3) is 0.381. The zero-order valence-electron chi connectivity index (χ0n) is 31.5. The van der Waals surface area contributed by atoms with Gasteiger partial charge in [0, 0.05) is 112 Å². The van der Waals surface area contributed by atoms with Gasteiger partial charge in [0.1, 0.15) is 0 Å². The maximum absolute atomic E-state index is 2.49. The summed E-state index contributed by atoms with van der Waals surface area (Å²) in [5.74, 6) is 0. The van der Waals surface area contributed by atoms with Crippen LogP contribution in [0.1, 0.15) is 55.4 Å². The van der Waals surface area contributed by atoms with E-state index in [1.165, 1.54) is 49.1 Å². The molecule has 4 aliphatic rings. The van der Waals surface area contributed by atoms with Gasteiger partial charge in [-0.3, -0.25) is 0 Å². The molecule has 8 rings (SSSR count). The van der Waals surface area contributed by atoms with Crippen LogP contribution in [0.15, 0.2) is 104 Å². The quantitative estimate of drug-likeness (QED) is 0.170. The predicted octanol–water partition coefficient (Wildman–Crippen LogP) is 9.81. The van der Waals surface area contributed by atoms with E-state index in [4.69, 9.17) is 0 Å². The Morgan fingerprint density at radius 1 is 0.392 bits per heavy atom. The molecule has 8 nitrogen and oxygen atoms in total. The van der Waals surface area contributed by atoms with Gasteiger partial charge >= 0.3 is 0 Å². The van der Waals surface area contributed by atoms with Gasteiger partial charge in [0.05, 0.1) is 26.7 Å². The average molecular weight is 701 g/mol. The third-order valence-electron chi connectivity index (χ3n) is 10.9. The van der Waals surface area contributed by atoms with Crippen LogP contribution in [0.4, 0.5) is 22.7 Å². The van der Waals surface area contributed by atoms with Crippen LogP contribution in [0.5, 0.6) is 0 Å². The van der Waals surface area contributed by atoms with Gasteiger partial charge in [-0.15, -0.1) is 0 Å². The molecule has 3 aromatic carbocycles. The molecular formula is C42H53N8P. The van der Waals surface area contributed by atoms with Crippen molar-refractivity contribution in [2.75, 3.05) is 46.3 Å². The van der Waals surface area contributed by atoms with Crippen LogP contribution in [0, 0.1) is 0 Å². The molecule has 0 aliphatic carbocycles. The van der Waals surface area contributed by atoms with E-state index < -0.39 is 7.53 Å². The second-order valence-electron chi connectivity index (χ2n) is 15.5. The first-order valence-electron chi connectivity index (χ1n) is 18.6. The lowest BCUT2D eigenvalue weighted by Gasteiger charge is -2.28.